The van der Waals surface area contributed by atoms with E-state index in [2.05, 4.69) is 15.3 Å². The van der Waals surface area contributed by atoms with Crippen LogP contribution in [0, 0.1) is 0 Å². The van der Waals surface area contributed by atoms with Crippen molar-refractivity contribution in [2.75, 3.05) is 11.9 Å². The third kappa shape index (κ3) is 4.05. The lowest BCUT2D eigenvalue weighted by Crippen LogP contribution is -2.29. The van der Waals surface area contributed by atoms with Gasteiger partial charge in [0, 0.05) is 6.54 Å². The Bertz CT molecular complexity index is 285. The van der Waals surface area contributed by atoms with Crippen LogP contribution in [0.25, 0.3) is 0 Å². The van der Waals surface area contributed by atoms with E-state index >= 15 is 0 Å². The van der Waals surface area contributed by atoms with Gasteiger partial charge in [-0.3, -0.25) is 4.98 Å². The van der Waals surface area contributed by atoms with E-state index in [0.717, 1.165) is 0 Å². The summed E-state index contributed by atoms with van der Waals surface area (Å²) >= 11 is 5.62. The van der Waals surface area contributed by atoms with Crippen LogP contribution in [-0.2, 0) is 0 Å². The number of hydrogen-bond donors (Lipinski definition) is 2. The molecular weight excluding hydrogens is 190 g/mol. The molecule has 0 aromatic carbocycles. The van der Waals surface area contributed by atoms with Crippen LogP contribution in [-0.4, -0.2) is 27.2 Å². The van der Waals surface area contributed by atoms with Gasteiger partial charge in [0.1, 0.15) is 11.0 Å². The number of aliphatic hydroxyl groups is 1. The number of hydrogen-bond acceptors (Lipinski definition) is 4. The lowest BCUT2D eigenvalue weighted by atomic mass is 10.1. The predicted molar refractivity (Wildman–Crippen MR) is 51.8 cm³/mol. The van der Waals surface area contributed by atoms with Gasteiger partial charge < -0.3 is 10.4 Å². The van der Waals surface area contributed by atoms with Gasteiger partial charge in [0.05, 0.1) is 18.0 Å². The molecule has 0 amide bonds. The van der Waals surface area contributed by atoms with E-state index in [-0.39, 0.29) is 0 Å². The van der Waals surface area contributed by atoms with Crippen LogP contribution in [0.15, 0.2) is 12.4 Å². The monoisotopic (exact) mass is 201 g/mol. The van der Waals surface area contributed by atoms with Gasteiger partial charge in [-0.25, -0.2) is 4.98 Å². The molecule has 13 heavy (non-hydrogen) atoms. The SMILES string of the molecule is CC(C)(O)CNc1cncc(Cl)n1. The van der Waals surface area contributed by atoms with Crippen molar-refractivity contribution in [3.63, 3.8) is 0 Å². The summed E-state index contributed by atoms with van der Waals surface area (Å²) in [5, 5.41) is 12.7. The molecule has 0 aliphatic heterocycles. The maximum atomic E-state index is 9.40. The van der Waals surface area contributed by atoms with Gasteiger partial charge in [-0.2, -0.15) is 0 Å². The minimum Gasteiger partial charge on any atom is -0.389 e. The van der Waals surface area contributed by atoms with Gasteiger partial charge in [0.25, 0.3) is 0 Å². The summed E-state index contributed by atoms with van der Waals surface area (Å²) in [7, 11) is 0. The zero-order chi connectivity index (χ0) is 9.90. The maximum Gasteiger partial charge on any atom is 0.149 e. The summed E-state index contributed by atoms with van der Waals surface area (Å²) in [6.45, 7) is 3.82. The largest absolute Gasteiger partial charge is 0.389 e. The fourth-order valence-corrected chi connectivity index (χ4v) is 0.882. The topological polar surface area (TPSA) is 58.0 Å². The highest BCUT2D eigenvalue weighted by Gasteiger charge is 2.11. The van der Waals surface area contributed by atoms with Crippen molar-refractivity contribution < 1.29 is 5.11 Å². The molecule has 72 valence electrons. The van der Waals surface area contributed by atoms with Crippen LogP contribution < -0.4 is 5.32 Å². The minimum atomic E-state index is -0.774. The molecule has 4 nitrogen and oxygen atoms in total. The lowest BCUT2D eigenvalue weighted by molar-refractivity contribution is 0.0944. The van der Waals surface area contributed by atoms with Gasteiger partial charge in [-0.15, -0.1) is 0 Å². The van der Waals surface area contributed by atoms with E-state index in [1.165, 1.54) is 6.20 Å². The van der Waals surface area contributed by atoms with Crippen molar-refractivity contribution in [2.45, 2.75) is 19.4 Å². The zero-order valence-corrected chi connectivity index (χ0v) is 8.34. The summed E-state index contributed by atoms with van der Waals surface area (Å²) in [5.41, 5.74) is -0.774. The molecule has 0 bridgehead atoms. The van der Waals surface area contributed by atoms with Crippen molar-refractivity contribution in [3.8, 4) is 0 Å². The second-order valence-electron chi connectivity index (χ2n) is 3.39. The fraction of sp³-hybridized carbons (Fsp3) is 0.500. The number of halogens is 1. The van der Waals surface area contributed by atoms with E-state index in [1.807, 2.05) is 0 Å². The standard InChI is InChI=1S/C8H12ClN3O/c1-8(2,13)5-11-7-4-10-3-6(9)12-7/h3-4,13H,5H2,1-2H3,(H,11,12). The van der Waals surface area contributed by atoms with Gasteiger partial charge in [0.2, 0.25) is 0 Å². The Hall–Kier alpha value is -0.870. The molecule has 0 radical (unpaired) electrons. The molecule has 0 fully saturated rings. The Morgan fingerprint density at radius 3 is 2.77 bits per heavy atom. The van der Waals surface area contributed by atoms with Crippen molar-refractivity contribution in [1.82, 2.24) is 9.97 Å². The highest BCUT2D eigenvalue weighted by molar-refractivity contribution is 6.29. The Balaban J connectivity index is 2.55. The van der Waals surface area contributed by atoms with Crippen molar-refractivity contribution in [2.24, 2.45) is 0 Å². The lowest BCUT2D eigenvalue weighted by Gasteiger charge is -2.17. The first-order valence-electron chi connectivity index (χ1n) is 3.91. The Kier molecular flexibility index (Phi) is 3.06. The summed E-state index contributed by atoms with van der Waals surface area (Å²) in [6, 6.07) is 0. The molecule has 0 saturated carbocycles. The number of nitrogens with zero attached hydrogens (tertiary/aromatic N) is 2. The molecule has 1 heterocycles. The van der Waals surface area contributed by atoms with Gasteiger partial charge in [-0.1, -0.05) is 11.6 Å². The van der Waals surface area contributed by atoms with Gasteiger partial charge >= 0.3 is 0 Å². The van der Waals surface area contributed by atoms with Crippen LogP contribution in [0.2, 0.25) is 5.15 Å². The second-order valence-corrected chi connectivity index (χ2v) is 3.78. The zero-order valence-electron chi connectivity index (χ0n) is 7.58. The predicted octanol–water partition coefficient (Wildman–Crippen LogP) is 1.31. The number of rotatable bonds is 3. The molecular formula is C8H12ClN3O. The number of anilines is 1. The van der Waals surface area contributed by atoms with E-state index < -0.39 is 5.60 Å². The highest BCUT2D eigenvalue weighted by atomic mass is 35.5. The first-order chi connectivity index (χ1) is 5.97. The quantitative estimate of drug-likeness (QED) is 0.775. The molecule has 0 saturated heterocycles. The molecule has 1 rings (SSSR count). The van der Waals surface area contributed by atoms with Crippen molar-refractivity contribution in [3.05, 3.63) is 17.5 Å². The van der Waals surface area contributed by atoms with Crippen molar-refractivity contribution in [1.29, 1.82) is 0 Å². The second kappa shape index (κ2) is 3.89. The van der Waals surface area contributed by atoms with Crippen molar-refractivity contribution >= 4 is 17.4 Å². The Morgan fingerprint density at radius 1 is 1.54 bits per heavy atom. The Labute approximate surface area is 82.0 Å². The number of aromatic nitrogens is 2. The molecule has 0 spiro atoms. The van der Waals surface area contributed by atoms with Crippen LogP contribution in [0.3, 0.4) is 0 Å². The Morgan fingerprint density at radius 2 is 2.23 bits per heavy atom. The summed E-state index contributed by atoms with van der Waals surface area (Å²) in [6.07, 6.45) is 3.01. The summed E-state index contributed by atoms with van der Waals surface area (Å²) in [5.74, 6) is 0.564. The first-order valence-corrected chi connectivity index (χ1v) is 4.29. The molecule has 0 aliphatic rings. The van der Waals surface area contributed by atoms with E-state index in [0.29, 0.717) is 17.5 Å². The highest BCUT2D eigenvalue weighted by Crippen LogP contribution is 2.08. The third-order valence-corrected chi connectivity index (χ3v) is 1.49. The van der Waals surface area contributed by atoms with E-state index in [4.69, 9.17) is 11.6 Å². The van der Waals surface area contributed by atoms with E-state index in [9.17, 15) is 5.11 Å². The normalized spacial score (nSPS) is 11.4. The summed E-state index contributed by atoms with van der Waals surface area (Å²) < 4.78 is 0. The first kappa shape index (κ1) is 10.2. The number of nitrogens with one attached hydrogen (secondary N) is 1. The molecule has 1 aromatic heterocycles. The maximum absolute atomic E-state index is 9.40. The van der Waals surface area contributed by atoms with E-state index in [1.54, 1.807) is 20.0 Å². The average molecular weight is 202 g/mol. The summed E-state index contributed by atoms with van der Waals surface area (Å²) in [4.78, 5) is 7.80. The molecule has 0 aliphatic carbocycles. The van der Waals surface area contributed by atoms with Gasteiger partial charge in [0.15, 0.2) is 0 Å². The average Bonchev–Trinajstić information content (AvgIpc) is 2.00. The molecule has 0 unspecified atom stereocenters. The smallest absolute Gasteiger partial charge is 0.149 e. The minimum absolute atomic E-state index is 0.334. The van der Waals surface area contributed by atoms with Crippen LogP contribution in [0.5, 0.6) is 0 Å². The molecule has 1 aromatic rings. The van der Waals surface area contributed by atoms with Crippen LogP contribution in [0.1, 0.15) is 13.8 Å². The fourth-order valence-electron chi connectivity index (χ4n) is 0.734. The van der Waals surface area contributed by atoms with Crippen LogP contribution >= 0.6 is 11.6 Å². The van der Waals surface area contributed by atoms with Gasteiger partial charge in [-0.05, 0) is 13.8 Å². The third-order valence-electron chi connectivity index (χ3n) is 1.31. The molecule has 5 heteroatoms. The molecule has 2 N–H and O–H groups in total. The molecule has 0 atom stereocenters. The van der Waals surface area contributed by atoms with Crippen LogP contribution in [0.4, 0.5) is 5.82 Å².